The van der Waals surface area contributed by atoms with Crippen molar-refractivity contribution in [1.29, 1.82) is 0 Å². The van der Waals surface area contributed by atoms with Crippen LogP contribution in [0.15, 0.2) is 120 Å². The molecular formula is C29H26N4O3. The molecule has 0 spiro atoms. The summed E-state index contributed by atoms with van der Waals surface area (Å²) < 4.78 is 0. The largest absolute Gasteiger partial charge is 0.437 e. The quantitative estimate of drug-likeness (QED) is 0.176. The Labute approximate surface area is 210 Å². The van der Waals surface area contributed by atoms with Crippen molar-refractivity contribution in [2.45, 2.75) is 6.92 Å². The Morgan fingerprint density at radius 1 is 0.722 bits per heavy atom. The lowest BCUT2D eigenvalue weighted by atomic mass is 10.1. The van der Waals surface area contributed by atoms with Gasteiger partial charge in [-0.3, -0.25) is 15.1 Å². The van der Waals surface area contributed by atoms with Gasteiger partial charge in [-0.15, -0.1) is 0 Å². The van der Waals surface area contributed by atoms with Crippen LogP contribution in [0.1, 0.15) is 11.1 Å². The Morgan fingerprint density at radius 2 is 1.25 bits per heavy atom. The predicted octanol–water partition coefficient (Wildman–Crippen LogP) is 6.69. The molecule has 4 aromatic rings. The third-order valence-corrected chi connectivity index (χ3v) is 5.29. The topological polar surface area (TPSA) is 83.0 Å². The van der Waals surface area contributed by atoms with E-state index in [1.54, 1.807) is 29.2 Å². The molecule has 0 atom stereocenters. The Morgan fingerprint density at radius 3 is 1.83 bits per heavy atom. The zero-order valence-electron chi connectivity index (χ0n) is 19.8. The fraction of sp³-hybridized carbons (Fsp3) is 0.0690. The van der Waals surface area contributed by atoms with E-state index < -0.39 is 6.09 Å². The fourth-order valence-electron chi connectivity index (χ4n) is 3.43. The fourth-order valence-corrected chi connectivity index (χ4v) is 3.43. The van der Waals surface area contributed by atoms with Crippen molar-refractivity contribution >= 4 is 34.9 Å². The minimum absolute atomic E-state index is 0.0599. The summed E-state index contributed by atoms with van der Waals surface area (Å²) >= 11 is 0. The molecule has 0 aliphatic heterocycles. The molecule has 2 N–H and O–H groups in total. The van der Waals surface area contributed by atoms with E-state index in [0.717, 1.165) is 11.1 Å². The first-order valence-corrected chi connectivity index (χ1v) is 11.4. The van der Waals surface area contributed by atoms with Crippen LogP contribution in [0.3, 0.4) is 0 Å². The number of anilines is 3. The second-order valence-corrected chi connectivity index (χ2v) is 7.99. The minimum atomic E-state index is -0.731. The summed E-state index contributed by atoms with van der Waals surface area (Å²) in [6.45, 7) is 2.04. The molecule has 0 unspecified atom stereocenters. The number of para-hydroxylation sites is 2. The standard InChI is InChI=1S/C29H26N4O3/c1-22-17-19-26(20-18-22)33(28(34)30-24-13-7-3-8-14-24)21-27(23-11-5-2-6-12-23)32-36-29(35)31-25-15-9-4-10-16-25/h2-20H,21H2,1H3,(H,30,34)(H,31,35)/b32-27-. The van der Waals surface area contributed by atoms with E-state index in [1.165, 1.54) is 0 Å². The number of aryl methyl sites for hydroxylation is 1. The highest BCUT2D eigenvalue weighted by Crippen LogP contribution is 2.19. The second-order valence-electron chi connectivity index (χ2n) is 7.99. The summed E-state index contributed by atoms with van der Waals surface area (Å²) in [7, 11) is 0. The molecule has 0 saturated heterocycles. The summed E-state index contributed by atoms with van der Waals surface area (Å²) in [5, 5.41) is 9.70. The third-order valence-electron chi connectivity index (χ3n) is 5.29. The lowest BCUT2D eigenvalue weighted by Gasteiger charge is -2.24. The molecule has 0 radical (unpaired) electrons. The molecule has 36 heavy (non-hydrogen) atoms. The van der Waals surface area contributed by atoms with E-state index in [4.69, 9.17) is 4.84 Å². The van der Waals surface area contributed by atoms with Crippen LogP contribution in [-0.4, -0.2) is 24.4 Å². The number of carbonyl (C=O) groups excluding carboxylic acids is 2. The number of nitrogens with one attached hydrogen (secondary N) is 2. The molecule has 0 heterocycles. The monoisotopic (exact) mass is 478 g/mol. The molecule has 0 aliphatic carbocycles. The van der Waals surface area contributed by atoms with Crippen molar-refractivity contribution in [1.82, 2.24) is 0 Å². The van der Waals surface area contributed by atoms with Gasteiger partial charge in [-0.05, 0) is 43.3 Å². The number of carbonyl (C=O) groups is 2. The number of benzene rings is 4. The summed E-state index contributed by atoms with van der Waals surface area (Å²) in [6, 6.07) is 34.7. The molecule has 4 aromatic carbocycles. The van der Waals surface area contributed by atoms with Crippen molar-refractivity contribution in [2.24, 2.45) is 5.16 Å². The highest BCUT2D eigenvalue weighted by atomic mass is 16.7. The zero-order valence-corrected chi connectivity index (χ0v) is 19.8. The molecule has 7 nitrogen and oxygen atoms in total. The summed E-state index contributed by atoms with van der Waals surface area (Å²) in [6.07, 6.45) is -0.731. The maximum Gasteiger partial charge on any atom is 0.437 e. The predicted molar refractivity (Wildman–Crippen MR) is 144 cm³/mol. The Balaban J connectivity index is 1.61. The summed E-state index contributed by atoms with van der Waals surface area (Å²) in [4.78, 5) is 32.5. The van der Waals surface area contributed by atoms with Crippen molar-refractivity contribution in [2.75, 3.05) is 22.1 Å². The van der Waals surface area contributed by atoms with Crippen LogP contribution >= 0.6 is 0 Å². The highest BCUT2D eigenvalue weighted by Gasteiger charge is 2.20. The van der Waals surface area contributed by atoms with E-state index >= 15 is 0 Å². The first-order valence-electron chi connectivity index (χ1n) is 11.4. The van der Waals surface area contributed by atoms with E-state index in [9.17, 15) is 9.59 Å². The van der Waals surface area contributed by atoms with Gasteiger partial charge < -0.3 is 5.32 Å². The number of hydrogen-bond donors (Lipinski definition) is 2. The molecule has 0 aromatic heterocycles. The van der Waals surface area contributed by atoms with E-state index in [1.807, 2.05) is 97.9 Å². The summed E-state index contributed by atoms with van der Waals surface area (Å²) in [5.74, 6) is 0. The van der Waals surface area contributed by atoms with Crippen molar-refractivity contribution in [3.63, 3.8) is 0 Å². The van der Waals surface area contributed by atoms with Crippen LogP contribution in [0.25, 0.3) is 0 Å². The molecule has 7 heteroatoms. The minimum Gasteiger partial charge on any atom is -0.308 e. The smallest absolute Gasteiger partial charge is 0.308 e. The van der Waals surface area contributed by atoms with Gasteiger partial charge in [-0.1, -0.05) is 89.6 Å². The Hall–Kier alpha value is -4.91. The molecule has 180 valence electrons. The molecule has 0 aliphatic rings. The number of amides is 3. The average molecular weight is 479 g/mol. The first-order chi connectivity index (χ1) is 17.6. The van der Waals surface area contributed by atoms with Crippen molar-refractivity contribution < 1.29 is 14.4 Å². The van der Waals surface area contributed by atoms with Gasteiger partial charge in [0.15, 0.2) is 0 Å². The molecule has 3 amide bonds. The molecular weight excluding hydrogens is 452 g/mol. The van der Waals surface area contributed by atoms with Gasteiger partial charge in [-0.2, -0.15) is 0 Å². The van der Waals surface area contributed by atoms with Gasteiger partial charge in [0.2, 0.25) is 0 Å². The van der Waals surface area contributed by atoms with Gasteiger partial charge >= 0.3 is 12.1 Å². The maximum atomic E-state index is 13.4. The maximum absolute atomic E-state index is 13.4. The number of hydrogen-bond acceptors (Lipinski definition) is 4. The normalized spacial score (nSPS) is 10.9. The average Bonchev–Trinajstić information content (AvgIpc) is 2.91. The highest BCUT2D eigenvalue weighted by molar-refractivity contribution is 6.10. The molecule has 0 bridgehead atoms. The lowest BCUT2D eigenvalue weighted by Crippen LogP contribution is -2.39. The van der Waals surface area contributed by atoms with Crippen LogP contribution in [0.2, 0.25) is 0 Å². The Kier molecular flexibility index (Phi) is 8.07. The van der Waals surface area contributed by atoms with Crippen LogP contribution < -0.4 is 15.5 Å². The number of nitrogens with zero attached hydrogens (tertiary/aromatic N) is 2. The molecule has 4 rings (SSSR count). The first kappa shape index (κ1) is 24.2. The third kappa shape index (κ3) is 6.80. The van der Waals surface area contributed by atoms with Gasteiger partial charge in [-0.25, -0.2) is 9.59 Å². The summed E-state index contributed by atoms with van der Waals surface area (Å²) in [5.41, 5.74) is 4.11. The SMILES string of the molecule is Cc1ccc(N(C/C(=N/OC(=O)Nc2ccccc2)c2ccccc2)C(=O)Nc2ccccc2)cc1. The van der Waals surface area contributed by atoms with Crippen LogP contribution in [0.5, 0.6) is 0 Å². The van der Waals surface area contributed by atoms with Gasteiger partial charge in [0.1, 0.15) is 5.71 Å². The van der Waals surface area contributed by atoms with Crippen molar-refractivity contribution in [3.05, 3.63) is 126 Å². The van der Waals surface area contributed by atoms with E-state index in [0.29, 0.717) is 22.8 Å². The Bertz CT molecular complexity index is 1310. The van der Waals surface area contributed by atoms with Crippen LogP contribution in [0, 0.1) is 6.92 Å². The van der Waals surface area contributed by atoms with Crippen LogP contribution in [-0.2, 0) is 4.84 Å². The lowest BCUT2D eigenvalue weighted by molar-refractivity contribution is 0.166. The number of oxime groups is 1. The number of urea groups is 1. The van der Waals surface area contributed by atoms with Gasteiger partial charge in [0, 0.05) is 22.6 Å². The van der Waals surface area contributed by atoms with E-state index in [2.05, 4.69) is 15.8 Å². The van der Waals surface area contributed by atoms with Gasteiger partial charge in [0.05, 0.1) is 6.54 Å². The zero-order chi connectivity index (χ0) is 25.2. The molecule has 0 fully saturated rings. The van der Waals surface area contributed by atoms with E-state index in [-0.39, 0.29) is 12.6 Å². The van der Waals surface area contributed by atoms with Gasteiger partial charge in [0.25, 0.3) is 0 Å². The van der Waals surface area contributed by atoms with Crippen LogP contribution in [0.4, 0.5) is 26.7 Å². The number of rotatable bonds is 7. The van der Waals surface area contributed by atoms with Crippen molar-refractivity contribution in [3.8, 4) is 0 Å². The second kappa shape index (κ2) is 12.0. The molecule has 0 saturated carbocycles.